The van der Waals surface area contributed by atoms with Crippen molar-refractivity contribution in [2.75, 3.05) is 6.61 Å². The van der Waals surface area contributed by atoms with Crippen molar-refractivity contribution in [1.29, 1.82) is 0 Å². The number of ether oxygens (including phenoxy) is 3. The number of hydrogen-bond acceptors (Lipinski definition) is 4. The van der Waals surface area contributed by atoms with Crippen LogP contribution in [0.5, 0.6) is 0 Å². The highest BCUT2D eigenvalue weighted by Crippen LogP contribution is 2.31. The van der Waals surface area contributed by atoms with Gasteiger partial charge in [-0.15, -0.1) is 0 Å². The highest BCUT2D eigenvalue weighted by atomic mass is 16.7. The first-order chi connectivity index (χ1) is 9.07. The molecule has 2 rings (SSSR count). The zero-order valence-corrected chi connectivity index (χ0v) is 11.4. The Morgan fingerprint density at radius 3 is 2.84 bits per heavy atom. The van der Waals surface area contributed by atoms with E-state index < -0.39 is 5.79 Å². The summed E-state index contributed by atoms with van der Waals surface area (Å²) in [6.45, 7) is 4.29. The number of hydrogen-bond donors (Lipinski definition) is 0. The van der Waals surface area contributed by atoms with Crippen molar-refractivity contribution >= 4 is 5.97 Å². The van der Waals surface area contributed by atoms with Gasteiger partial charge >= 0.3 is 5.97 Å². The summed E-state index contributed by atoms with van der Waals surface area (Å²) in [6.07, 6.45) is 1.55. The van der Waals surface area contributed by atoms with E-state index >= 15 is 0 Å². The van der Waals surface area contributed by atoms with Crippen LogP contribution in [0.3, 0.4) is 0 Å². The molecule has 4 nitrogen and oxygen atoms in total. The molecule has 104 valence electrons. The molecule has 1 fully saturated rings. The summed E-state index contributed by atoms with van der Waals surface area (Å²) < 4.78 is 16.5. The van der Waals surface area contributed by atoms with Crippen LogP contribution >= 0.6 is 0 Å². The Balaban J connectivity index is 1.72. The van der Waals surface area contributed by atoms with Crippen LogP contribution in [0.1, 0.15) is 32.3 Å². The molecule has 0 amide bonds. The Morgan fingerprint density at radius 1 is 1.42 bits per heavy atom. The summed E-state index contributed by atoms with van der Waals surface area (Å²) in [4.78, 5) is 11.0. The second-order valence-corrected chi connectivity index (χ2v) is 5.01. The SMILES string of the molecule is CC(=O)OC1(C)CCC(COCc2ccccc2)O1. The van der Waals surface area contributed by atoms with Gasteiger partial charge in [-0.05, 0) is 12.0 Å². The summed E-state index contributed by atoms with van der Waals surface area (Å²) in [6, 6.07) is 10.0. The topological polar surface area (TPSA) is 44.8 Å². The van der Waals surface area contributed by atoms with E-state index in [2.05, 4.69) is 0 Å². The quantitative estimate of drug-likeness (QED) is 0.767. The molecule has 1 aromatic carbocycles. The highest BCUT2D eigenvalue weighted by Gasteiger charge is 2.38. The predicted octanol–water partition coefficient (Wildman–Crippen LogP) is 2.66. The molecule has 1 aliphatic rings. The maximum absolute atomic E-state index is 11.0. The van der Waals surface area contributed by atoms with Crippen molar-refractivity contribution in [3.05, 3.63) is 35.9 Å². The van der Waals surface area contributed by atoms with Crippen molar-refractivity contribution in [1.82, 2.24) is 0 Å². The lowest BCUT2D eigenvalue weighted by molar-refractivity contribution is -0.219. The van der Waals surface area contributed by atoms with Crippen LogP contribution in [0.25, 0.3) is 0 Å². The third-order valence-corrected chi connectivity index (χ3v) is 3.11. The molecule has 0 spiro atoms. The number of benzene rings is 1. The van der Waals surface area contributed by atoms with Crippen molar-refractivity contribution in [3.8, 4) is 0 Å². The van der Waals surface area contributed by atoms with Crippen LogP contribution in [0.2, 0.25) is 0 Å². The molecule has 4 heteroatoms. The minimum atomic E-state index is -0.785. The molecule has 2 atom stereocenters. The van der Waals surface area contributed by atoms with Gasteiger partial charge in [0.2, 0.25) is 5.79 Å². The summed E-state index contributed by atoms with van der Waals surface area (Å²) >= 11 is 0. The molecule has 0 aromatic heterocycles. The van der Waals surface area contributed by atoms with Crippen molar-refractivity contribution in [3.63, 3.8) is 0 Å². The Labute approximate surface area is 113 Å². The molecule has 19 heavy (non-hydrogen) atoms. The van der Waals surface area contributed by atoms with E-state index in [4.69, 9.17) is 14.2 Å². The molecule has 1 aliphatic heterocycles. The van der Waals surface area contributed by atoms with Crippen LogP contribution in [-0.2, 0) is 25.6 Å². The van der Waals surface area contributed by atoms with Gasteiger partial charge in [-0.1, -0.05) is 30.3 Å². The molecule has 0 aliphatic carbocycles. The summed E-state index contributed by atoms with van der Waals surface area (Å²) in [5.41, 5.74) is 1.14. The van der Waals surface area contributed by atoms with Gasteiger partial charge in [-0.25, -0.2) is 0 Å². The average molecular weight is 264 g/mol. The monoisotopic (exact) mass is 264 g/mol. The molecule has 0 N–H and O–H groups in total. The van der Waals surface area contributed by atoms with E-state index in [1.54, 1.807) is 6.92 Å². The summed E-state index contributed by atoms with van der Waals surface area (Å²) in [7, 11) is 0. The van der Waals surface area contributed by atoms with E-state index in [0.29, 0.717) is 19.6 Å². The number of rotatable bonds is 5. The Morgan fingerprint density at radius 2 is 2.16 bits per heavy atom. The van der Waals surface area contributed by atoms with Crippen LogP contribution in [0, 0.1) is 0 Å². The molecular formula is C15H20O4. The fourth-order valence-electron chi connectivity index (χ4n) is 2.27. The standard InChI is InChI=1S/C15H20O4/c1-12(16)18-15(2)9-8-14(19-15)11-17-10-13-6-4-3-5-7-13/h3-7,14H,8-11H2,1-2H3. The van der Waals surface area contributed by atoms with E-state index in [9.17, 15) is 4.79 Å². The summed E-state index contributed by atoms with van der Waals surface area (Å²) in [5, 5.41) is 0. The van der Waals surface area contributed by atoms with Crippen molar-refractivity contribution in [2.24, 2.45) is 0 Å². The first kappa shape index (κ1) is 14.0. The first-order valence-electron chi connectivity index (χ1n) is 6.56. The van der Waals surface area contributed by atoms with Crippen LogP contribution in [0.15, 0.2) is 30.3 Å². The third kappa shape index (κ3) is 4.33. The molecule has 0 saturated carbocycles. The molecule has 0 bridgehead atoms. The zero-order chi connectivity index (χ0) is 13.7. The summed E-state index contributed by atoms with van der Waals surface area (Å²) in [5.74, 6) is -1.10. The van der Waals surface area contributed by atoms with E-state index in [0.717, 1.165) is 12.0 Å². The van der Waals surface area contributed by atoms with Gasteiger partial charge in [0.15, 0.2) is 0 Å². The van der Waals surface area contributed by atoms with Crippen LogP contribution in [0.4, 0.5) is 0 Å². The van der Waals surface area contributed by atoms with Gasteiger partial charge in [0.1, 0.15) is 0 Å². The zero-order valence-electron chi connectivity index (χ0n) is 11.4. The maximum atomic E-state index is 11.0. The van der Waals surface area contributed by atoms with E-state index in [1.165, 1.54) is 6.92 Å². The third-order valence-electron chi connectivity index (χ3n) is 3.11. The minimum absolute atomic E-state index is 0.00642. The van der Waals surface area contributed by atoms with Crippen molar-refractivity contribution in [2.45, 2.75) is 45.2 Å². The maximum Gasteiger partial charge on any atom is 0.305 e. The lowest BCUT2D eigenvalue weighted by Gasteiger charge is -2.24. The second-order valence-electron chi connectivity index (χ2n) is 5.01. The smallest absolute Gasteiger partial charge is 0.305 e. The number of carbonyl (C=O) groups excluding carboxylic acids is 1. The van der Waals surface area contributed by atoms with Gasteiger partial charge in [-0.3, -0.25) is 4.79 Å². The normalized spacial score (nSPS) is 26.3. The van der Waals surface area contributed by atoms with Crippen LogP contribution in [-0.4, -0.2) is 24.5 Å². The lowest BCUT2D eigenvalue weighted by atomic mass is 10.2. The number of carbonyl (C=O) groups is 1. The average Bonchev–Trinajstić information content (AvgIpc) is 2.71. The van der Waals surface area contributed by atoms with E-state index in [-0.39, 0.29) is 12.1 Å². The molecule has 1 aromatic rings. The molecule has 0 radical (unpaired) electrons. The van der Waals surface area contributed by atoms with Gasteiger partial charge in [-0.2, -0.15) is 0 Å². The fraction of sp³-hybridized carbons (Fsp3) is 0.533. The highest BCUT2D eigenvalue weighted by molar-refractivity contribution is 5.66. The fourth-order valence-corrected chi connectivity index (χ4v) is 2.27. The molecular weight excluding hydrogens is 244 g/mol. The Bertz CT molecular complexity index is 417. The van der Waals surface area contributed by atoms with Gasteiger partial charge in [0.25, 0.3) is 0 Å². The van der Waals surface area contributed by atoms with E-state index in [1.807, 2.05) is 30.3 Å². The predicted molar refractivity (Wildman–Crippen MR) is 70.4 cm³/mol. The Kier molecular flexibility index (Phi) is 4.56. The minimum Gasteiger partial charge on any atom is -0.434 e. The second kappa shape index (κ2) is 6.17. The molecule has 2 unspecified atom stereocenters. The lowest BCUT2D eigenvalue weighted by Crippen LogP contribution is -2.31. The van der Waals surface area contributed by atoms with Crippen LogP contribution < -0.4 is 0 Å². The molecule has 1 saturated heterocycles. The van der Waals surface area contributed by atoms with Gasteiger partial charge < -0.3 is 14.2 Å². The molecule has 1 heterocycles. The van der Waals surface area contributed by atoms with Gasteiger partial charge in [0, 0.05) is 20.3 Å². The Hall–Kier alpha value is -1.39. The van der Waals surface area contributed by atoms with Crippen molar-refractivity contribution < 1.29 is 19.0 Å². The number of esters is 1. The van der Waals surface area contributed by atoms with Gasteiger partial charge in [0.05, 0.1) is 19.3 Å². The first-order valence-corrected chi connectivity index (χ1v) is 6.56. The largest absolute Gasteiger partial charge is 0.434 e.